The predicted octanol–water partition coefficient (Wildman–Crippen LogP) is 4.80. The van der Waals surface area contributed by atoms with E-state index in [1.54, 1.807) is 6.20 Å². The Balaban J connectivity index is 1.48. The average molecular weight is 400 g/mol. The standard InChI is InChI=1S/C26H29N3O/c1-2-5-19-7-9-20(10-8-19)21-11-13-22(14-12-21)29(17-15-27)26(30)24-18-23(24)25-6-3-4-16-28-25/h3-4,6-14,16,23-24H,2,5,15,17-18,27H2,1H3/t23-,24-/m1/s1. The third-order valence-corrected chi connectivity index (χ3v) is 5.80. The lowest BCUT2D eigenvalue weighted by Crippen LogP contribution is -2.36. The monoisotopic (exact) mass is 399 g/mol. The molecule has 2 atom stereocenters. The van der Waals surface area contributed by atoms with Gasteiger partial charge in [0, 0.05) is 42.5 Å². The topological polar surface area (TPSA) is 59.2 Å². The molecule has 0 radical (unpaired) electrons. The van der Waals surface area contributed by atoms with Crippen LogP contribution in [0.5, 0.6) is 0 Å². The second kappa shape index (κ2) is 9.23. The summed E-state index contributed by atoms with van der Waals surface area (Å²) in [6.07, 6.45) is 4.91. The zero-order valence-corrected chi connectivity index (χ0v) is 17.5. The van der Waals surface area contributed by atoms with Crippen LogP contribution in [-0.2, 0) is 11.2 Å². The van der Waals surface area contributed by atoms with Gasteiger partial charge in [-0.2, -0.15) is 0 Å². The molecule has 1 aliphatic rings. The first-order chi connectivity index (χ1) is 14.7. The van der Waals surface area contributed by atoms with Crippen LogP contribution in [-0.4, -0.2) is 24.0 Å². The first-order valence-corrected chi connectivity index (χ1v) is 10.8. The van der Waals surface area contributed by atoms with Gasteiger partial charge >= 0.3 is 0 Å². The summed E-state index contributed by atoms with van der Waals surface area (Å²) in [6, 6.07) is 22.9. The smallest absolute Gasteiger partial charge is 0.230 e. The summed E-state index contributed by atoms with van der Waals surface area (Å²) < 4.78 is 0. The molecule has 0 unspecified atom stereocenters. The van der Waals surface area contributed by atoms with Crippen molar-refractivity contribution in [3.05, 3.63) is 84.2 Å². The van der Waals surface area contributed by atoms with Crippen LogP contribution in [0.4, 0.5) is 5.69 Å². The van der Waals surface area contributed by atoms with E-state index in [9.17, 15) is 4.79 Å². The number of nitrogens with zero attached hydrogens (tertiary/aromatic N) is 2. The van der Waals surface area contributed by atoms with E-state index in [0.29, 0.717) is 13.1 Å². The van der Waals surface area contributed by atoms with E-state index in [1.807, 2.05) is 35.2 Å². The predicted molar refractivity (Wildman–Crippen MR) is 122 cm³/mol. The molecular weight excluding hydrogens is 370 g/mol. The number of pyridine rings is 1. The molecule has 1 heterocycles. The lowest BCUT2D eigenvalue weighted by Gasteiger charge is -2.23. The molecule has 0 bridgehead atoms. The second-order valence-corrected chi connectivity index (χ2v) is 7.98. The minimum atomic E-state index is -0.00256. The van der Waals surface area contributed by atoms with E-state index in [0.717, 1.165) is 36.2 Å². The first-order valence-electron chi connectivity index (χ1n) is 10.8. The van der Waals surface area contributed by atoms with Crippen LogP contribution >= 0.6 is 0 Å². The molecule has 1 fully saturated rings. The Kier molecular flexibility index (Phi) is 6.24. The molecule has 4 heteroatoms. The van der Waals surface area contributed by atoms with E-state index < -0.39 is 0 Å². The molecule has 1 amide bonds. The van der Waals surface area contributed by atoms with Crippen LogP contribution in [0, 0.1) is 5.92 Å². The Morgan fingerprint density at radius 3 is 2.33 bits per heavy atom. The highest BCUT2D eigenvalue weighted by atomic mass is 16.2. The Hall–Kier alpha value is -2.98. The fraction of sp³-hybridized carbons (Fsp3) is 0.308. The lowest BCUT2D eigenvalue weighted by molar-refractivity contribution is -0.119. The summed E-state index contributed by atoms with van der Waals surface area (Å²) >= 11 is 0. The highest BCUT2D eigenvalue weighted by Gasteiger charge is 2.46. The van der Waals surface area contributed by atoms with Gasteiger partial charge in [-0.15, -0.1) is 0 Å². The van der Waals surface area contributed by atoms with Crippen molar-refractivity contribution in [3.63, 3.8) is 0 Å². The maximum Gasteiger partial charge on any atom is 0.230 e. The second-order valence-electron chi connectivity index (χ2n) is 7.98. The Morgan fingerprint density at radius 1 is 1.03 bits per heavy atom. The number of anilines is 1. The van der Waals surface area contributed by atoms with Gasteiger partial charge in [0.15, 0.2) is 0 Å². The van der Waals surface area contributed by atoms with E-state index >= 15 is 0 Å². The van der Waals surface area contributed by atoms with E-state index in [4.69, 9.17) is 5.73 Å². The van der Waals surface area contributed by atoms with Gasteiger partial charge in [0.1, 0.15) is 0 Å². The van der Waals surface area contributed by atoms with Crippen LogP contribution in [0.15, 0.2) is 72.9 Å². The summed E-state index contributed by atoms with van der Waals surface area (Å²) in [7, 11) is 0. The number of aromatic nitrogens is 1. The quantitative estimate of drug-likeness (QED) is 0.592. The van der Waals surface area contributed by atoms with Gasteiger partial charge in [0.05, 0.1) is 0 Å². The van der Waals surface area contributed by atoms with Crippen molar-refractivity contribution >= 4 is 11.6 Å². The van der Waals surface area contributed by atoms with E-state index in [2.05, 4.69) is 48.3 Å². The molecule has 2 aromatic carbocycles. The maximum atomic E-state index is 13.2. The summed E-state index contributed by atoms with van der Waals surface area (Å²) in [5.74, 6) is 0.366. The van der Waals surface area contributed by atoms with E-state index in [-0.39, 0.29) is 17.7 Å². The van der Waals surface area contributed by atoms with Crippen LogP contribution in [0.25, 0.3) is 11.1 Å². The van der Waals surface area contributed by atoms with Gasteiger partial charge in [-0.05, 0) is 53.8 Å². The van der Waals surface area contributed by atoms with Crippen molar-refractivity contribution in [1.82, 2.24) is 4.98 Å². The van der Waals surface area contributed by atoms with Gasteiger partial charge in [-0.3, -0.25) is 9.78 Å². The van der Waals surface area contributed by atoms with Crippen LogP contribution in [0.2, 0.25) is 0 Å². The van der Waals surface area contributed by atoms with Crippen LogP contribution in [0.1, 0.15) is 36.9 Å². The molecule has 0 saturated heterocycles. The summed E-state index contributed by atoms with van der Waals surface area (Å²) in [6.45, 7) is 3.16. The molecule has 1 aromatic heterocycles. The fourth-order valence-electron chi connectivity index (χ4n) is 4.07. The van der Waals surface area contributed by atoms with Gasteiger partial charge in [-0.25, -0.2) is 0 Å². The van der Waals surface area contributed by atoms with Gasteiger partial charge in [0.25, 0.3) is 0 Å². The Morgan fingerprint density at radius 2 is 1.73 bits per heavy atom. The number of hydrogen-bond donors (Lipinski definition) is 1. The Labute approximate surface area is 178 Å². The number of benzene rings is 2. The van der Waals surface area contributed by atoms with Crippen molar-refractivity contribution in [3.8, 4) is 11.1 Å². The molecule has 2 N–H and O–H groups in total. The number of nitrogens with two attached hydrogens (primary N) is 1. The van der Waals surface area contributed by atoms with Gasteiger partial charge < -0.3 is 10.6 Å². The number of hydrogen-bond acceptors (Lipinski definition) is 3. The molecular formula is C26H29N3O. The normalized spacial score (nSPS) is 17.5. The number of aryl methyl sites for hydroxylation is 1. The molecule has 0 spiro atoms. The minimum Gasteiger partial charge on any atom is -0.329 e. The van der Waals surface area contributed by atoms with Crippen LogP contribution < -0.4 is 10.6 Å². The zero-order chi connectivity index (χ0) is 20.9. The molecule has 1 saturated carbocycles. The van der Waals surface area contributed by atoms with E-state index in [1.165, 1.54) is 11.1 Å². The Bertz CT molecular complexity index is 967. The van der Waals surface area contributed by atoms with Crippen molar-refractivity contribution in [2.24, 2.45) is 11.7 Å². The molecule has 3 aromatic rings. The third-order valence-electron chi connectivity index (χ3n) is 5.80. The fourth-order valence-corrected chi connectivity index (χ4v) is 4.07. The molecule has 0 aliphatic heterocycles. The number of amides is 1. The van der Waals surface area contributed by atoms with Crippen LogP contribution in [0.3, 0.4) is 0 Å². The molecule has 1 aliphatic carbocycles. The number of rotatable bonds is 8. The van der Waals surface area contributed by atoms with Crippen molar-refractivity contribution in [1.29, 1.82) is 0 Å². The number of carbonyl (C=O) groups is 1. The van der Waals surface area contributed by atoms with Crippen molar-refractivity contribution in [2.45, 2.75) is 32.1 Å². The summed E-state index contributed by atoms with van der Waals surface area (Å²) in [5.41, 5.74) is 11.4. The third kappa shape index (κ3) is 4.44. The maximum absolute atomic E-state index is 13.2. The molecule has 4 rings (SSSR count). The highest BCUT2D eigenvalue weighted by molar-refractivity contribution is 5.97. The van der Waals surface area contributed by atoms with Crippen molar-refractivity contribution < 1.29 is 4.79 Å². The van der Waals surface area contributed by atoms with Gasteiger partial charge in [0.2, 0.25) is 5.91 Å². The summed E-state index contributed by atoms with van der Waals surface area (Å²) in [4.78, 5) is 19.4. The zero-order valence-electron chi connectivity index (χ0n) is 17.5. The SMILES string of the molecule is CCCc1ccc(-c2ccc(N(CCN)C(=O)[C@@H]3C[C@H]3c3ccccn3)cc2)cc1. The lowest BCUT2D eigenvalue weighted by atomic mass is 10.0. The van der Waals surface area contributed by atoms with Gasteiger partial charge in [-0.1, -0.05) is 55.8 Å². The van der Waals surface area contributed by atoms with Crippen molar-refractivity contribution in [2.75, 3.05) is 18.0 Å². The average Bonchev–Trinajstić information content (AvgIpc) is 3.60. The summed E-state index contributed by atoms with van der Waals surface area (Å²) in [5, 5.41) is 0. The molecule has 4 nitrogen and oxygen atoms in total. The first kappa shape index (κ1) is 20.3. The highest BCUT2D eigenvalue weighted by Crippen LogP contribution is 2.48. The minimum absolute atomic E-state index is 0.00256. The largest absolute Gasteiger partial charge is 0.329 e. The molecule has 154 valence electrons. The number of carbonyl (C=O) groups excluding carboxylic acids is 1. The molecule has 30 heavy (non-hydrogen) atoms.